The lowest BCUT2D eigenvalue weighted by atomic mass is 9.84. The van der Waals surface area contributed by atoms with Crippen molar-refractivity contribution in [2.45, 2.75) is 31.3 Å². The second-order valence-electron chi connectivity index (χ2n) is 7.71. The third-order valence-corrected chi connectivity index (χ3v) is 5.24. The van der Waals surface area contributed by atoms with E-state index >= 15 is 0 Å². The molecule has 6 nitrogen and oxygen atoms in total. The van der Waals surface area contributed by atoms with Crippen molar-refractivity contribution in [3.8, 4) is 0 Å². The van der Waals surface area contributed by atoms with Gasteiger partial charge in [0.25, 0.3) is 0 Å². The van der Waals surface area contributed by atoms with Crippen molar-refractivity contribution in [3.05, 3.63) is 107 Å². The fraction of sp³-hybridized carbons (Fsp3) is 0.192. The molecule has 3 N–H and O–H groups in total. The van der Waals surface area contributed by atoms with E-state index in [4.69, 9.17) is 0 Å². The molecule has 3 aromatic rings. The number of amides is 2. The number of benzene rings is 3. The Kier molecular flexibility index (Phi) is 7.91. The van der Waals surface area contributed by atoms with E-state index in [-0.39, 0.29) is 6.42 Å². The molecule has 0 radical (unpaired) electrons. The predicted octanol–water partition coefficient (Wildman–Crippen LogP) is 3.27. The van der Waals surface area contributed by atoms with Crippen molar-refractivity contribution in [2.24, 2.45) is 0 Å². The molecule has 0 saturated heterocycles. The van der Waals surface area contributed by atoms with Crippen LogP contribution in [0.5, 0.6) is 0 Å². The number of carboxylic acid groups (broad SMARTS) is 1. The molecule has 0 aliphatic carbocycles. The van der Waals surface area contributed by atoms with Gasteiger partial charge in [0.05, 0.1) is 0 Å². The molecule has 0 fully saturated rings. The van der Waals surface area contributed by atoms with Gasteiger partial charge in [-0.15, -0.1) is 0 Å². The average Bonchev–Trinajstić information content (AvgIpc) is 2.79. The molecule has 0 aliphatic rings. The second kappa shape index (κ2) is 11.0. The van der Waals surface area contributed by atoms with Gasteiger partial charge in [0, 0.05) is 19.3 Å². The van der Waals surface area contributed by atoms with Gasteiger partial charge < -0.3 is 15.7 Å². The summed E-state index contributed by atoms with van der Waals surface area (Å²) in [5.74, 6) is -3.47. The molecule has 0 bridgehead atoms. The molecule has 2 amide bonds. The molecule has 0 saturated carbocycles. The van der Waals surface area contributed by atoms with Crippen molar-refractivity contribution in [3.63, 3.8) is 0 Å². The van der Waals surface area contributed by atoms with Crippen LogP contribution in [0.3, 0.4) is 0 Å². The van der Waals surface area contributed by atoms with E-state index in [1.807, 2.05) is 12.1 Å². The Balaban J connectivity index is 1.92. The van der Waals surface area contributed by atoms with Crippen LogP contribution in [0.25, 0.3) is 0 Å². The minimum absolute atomic E-state index is 0.0108. The topological polar surface area (TPSA) is 95.5 Å². The largest absolute Gasteiger partial charge is 0.480 e. The second-order valence-corrected chi connectivity index (χ2v) is 7.71. The highest BCUT2D eigenvalue weighted by molar-refractivity contribution is 5.90. The molecule has 3 aromatic carbocycles. The zero-order valence-electron chi connectivity index (χ0n) is 18.1. The molecule has 0 aromatic heterocycles. The fourth-order valence-corrected chi connectivity index (χ4v) is 3.79. The zero-order chi connectivity index (χ0) is 23.8. The maximum atomic E-state index is 13.6. The monoisotopic (exact) mass is 448 g/mol. The summed E-state index contributed by atoms with van der Waals surface area (Å²) in [6, 6.07) is 21.4. The third-order valence-electron chi connectivity index (χ3n) is 5.24. The number of aliphatic carboxylic acids is 1. The van der Waals surface area contributed by atoms with Gasteiger partial charge in [-0.1, -0.05) is 72.8 Å². The van der Waals surface area contributed by atoms with E-state index in [9.17, 15) is 23.9 Å². The summed E-state index contributed by atoms with van der Waals surface area (Å²) in [6.07, 6.45) is 0.0108. The van der Waals surface area contributed by atoms with Crippen LogP contribution < -0.4 is 10.6 Å². The molecule has 3 rings (SSSR count). The third kappa shape index (κ3) is 6.49. The lowest BCUT2D eigenvalue weighted by molar-refractivity contribution is -0.142. The van der Waals surface area contributed by atoms with Crippen molar-refractivity contribution < 1.29 is 23.9 Å². The maximum absolute atomic E-state index is 13.6. The molecule has 0 aliphatic heterocycles. The summed E-state index contributed by atoms with van der Waals surface area (Å²) >= 11 is 0. The summed E-state index contributed by atoms with van der Waals surface area (Å²) < 4.78 is 13.6. The minimum Gasteiger partial charge on any atom is -0.480 e. The Bertz CT molecular complexity index is 1070. The van der Waals surface area contributed by atoms with Gasteiger partial charge in [0.15, 0.2) is 0 Å². The first kappa shape index (κ1) is 23.7. The summed E-state index contributed by atoms with van der Waals surface area (Å²) in [5, 5.41) is 15.2. The quantitative estimate of drug-likeness (QED) is 0.468. The number of rotatable bonds is 9. The van der Waals surface area contributed by atoms with E-state index in [1.165, 1.54) is 25.1 Å². The Morgan fingerprint density at radius 2 is 1.42 bits per heavy atom. The van der Waals surface area contributed by atoms with Crippen LogP contribution in [0, 0.1) is 5.82 Å². The summed E-state index contributed by atoms with van der Waals surface area (Å²) in [5.41, 5.74) is 1.94. The van der Waals surface area contributed by atoms with Gasteiger partial charge in [-0.2, -0.15) is 0 Å². The number of hydrogen-bond donors (Lipinski definition) is 3. The highest BCUT2D eigenvalue weighted by Crippen LogP contribution is 2.28. The smallest absolute Gasteiger partial charge is 0.327 e. The SMILES string of the molecule is CC(=O)N[C@@H](Cc1cccc(F)c1)C(=O)N[C@@H](C(=O)O)C(c1ccccc1)c1ccccc1. The molecule has 2 atom stereocenters. The van der Waals surface area contributed by atoms with E-state index in [0.29, 0.717) is 5.56 Å². The first-order valence-corrected chi connectivity index (χ1v) is 10.5. The van der Waals surface area contributed by atoms with Gasteiger partial charge in [0.2, 0.25) is 11.8 Å². The van der Waals surface area contributed by atoms with Gasteiger partial charge in [-0.3, -0.25) is 9.59 Å². The van der Waals surface area contributed by atoms with Crippen molar-refractivity contribution >= 4 is 17.8 Å². The van der Waals surface area contributed by atoms with E-state index < -0.39 is 41.6 Å². The lowest BCUT2D eigenvalue weighted by Gasteiger charge is -2.28. The fourth-order valence-electron chi connectivity index (χ4n) is 3.79. The Hall–Kier alpha value is -4.00. The number of nitrogens with one attached hydrogen (secondary N) is 2. The van der Waals surface area contributed by atoms with Crippen molar-refractivity contribution in [1.82, 2.24) is 10.6 Å². The van der Waals surface area contributed by atoms with Crippen molar-refractivity contribution in [1.29, 1.82) is 0 Å². The van der Waals surface area contributed by atoms with Gasteiger partial charge in [-0.25, -0.2) is 9.18 Å². The Labute approximate surface area is 191 Å². The van der Waals surface area contributed by atoms with Gasteiger partial charge in [-0.05, 0) is 28.8 Å². The molecule has 0 heterocycles. The summed E-state index contributed by atoms with van der Waals surface area (Å²) in [7, 11) is 0. The molecule has 33 heavy (non-hydrogen) atoms. The standard InChI is InChI=1S/C26H25FN2O4/c1-17(30)28-22(16-18-9-8-14-21(27)15-18)25(31)29-24(26(32)33)23(19-10-4-2-5-11-19)20-12-6-3-7-13-20/h2-15,22-24H,16H2,1H3,(H,28,30)(H,29,31)(H,32,33)/t22-,24+/m0/s1. The number of carboxylic acids is 1. The first-order valence-electron chi connectivity index (χ1n) is 10.5. The van der Waals surface area contributed by atoms with Gasteiger partial charge in [0.1, 0.15) is 17.9 Å². The van der Waals surface area contributed by atoms with Crippen LogP contribution in [0.1, 0.15) is 29.5 Å². The minimum atomic E-state index is -1.30. The molecular formula is C26H25FN2O4. The normalized spacial score (nSPS) is 12.6. The Morgan fingerprint density at radius 1 is 0.848 bits per heavy atom. The highest BCUT2D eigenvalue weighted by Gasteiger charge is 2.34. The van der Waals surface area contributed by atoms with Crippen molar-refractivity contribution in [2.75, 3.05) is 0 Å². The van der Waals surface area contributed by atoms with Crippen LogP contribution in [-0.4, -0.2) is 35.0 Å². The number of halogens is 1. The molecule has 0 spiro atoms. The predicted molar refractivity (Wildman–Crippen MR) is 122 cm³/mol. The Morgan fingerprint density at radius 3 is 1.91 bits per heavy atom. The van der Waals surface area contributed by atoms with E-state index in [0.717, 1.165) is 11.1 Å². The van der Waals surface area contributed by atoms with E-state index in [2.05, 4.69) is 10.6 Å². The molecular weight excluding hydrogens is 423 g/mol. The lowest BCUT2D eigenvalue weighted by Crippen LogP contribution is -2.54. The zero-order valence-corrected chi connectivity index (χ0v) is 18.1. The number of carbonyl (C=O) groups is 3. The summed E-state index contributed by atoms with van der Waals surface area (Å²) in [6.45, 7) is 1.26. The summed E-state index contributed by atoms with van der Waals surface area (Å²) in [4.78, 5) is 37.2. The first-order chi connectivity index (χ1) is 15.8. The van der Waals surface area contributed by atoms with Crippen LogP contribution >= 0.6 is 0 Å². The van der Waals surface area contributed by atoms with Crippen LogP contribution in [0.15, 0.2) is 84.9 Å². The highest BCUT2D eigenvalue weighted by atomic mass is 19.1. The molecule has 0 unspecified atom stereocenters. The van der Waals surface area contributed by atoms with Crippen LogP contribution in [-0.2, 0) is 20.8 Å². The van der Waals surface area contributed by atoms with Crippen LogP contribution in [0.2, 0.25) is 0 Å². The van der Waals surface area contributed by atoms with Gasteiger partial charge >= 0.3 is 5.97 Å². The average molecular weight is 448 g/mol. The molecule has 7 heteroatoms. The number of carbonyl (C=O) groups excluding carboxylic acids is 2. The van der Waals surface area contributed by atoms with E-state index in [1.54, 1.807) is 54.6 Å². The van der Waals surface area contributed by atoms with Crippen LogP contribution in [0.4, 0.5) is 4.39 Å². The maximum Gasteiger partial charge on any atom is 0.327 e. The number of hydrogen-bond acceptors (Lipinski definition) is 3. The molecule has 170 valence electrons.